The van der Waals surface area contributed by atoms with Crippen LogP contribution < -0.4 is 16.4 Å². The van der Waals surface area contributed by atoms with E-state index in [-0.39, 0.29) is 30.4 Å². The molecule has 0 saturated carbocycles. The third-order valence-corrected chi connectivity index (χ3v) is 5.29. The van der Waals surface area contributed by atoms with E-state index < -0.39 is 21.9 Å². The Morgan fingerprint density at radius 2 is 1.83 bits per heavy atom. The lowest BCUT2D eigenvalue weighted by atomic mass is 10.1. The van der Waals surface area contributed by atoms with Crippen LogP contribution in [0, 0.1) is 0 Å². The van der Waals surface area contributed by atoms with Crippen LogP contribution in [-0.4, -0.2) is 50.9 Å². The zero-order chi connectivity index (χ0) is 22.1. The minimum atomic E-state index is -3.32. The number of carbonyl (C=O) groups excluding carboxylic acids is 1. The largest absolute Gasteiger partial charge is 0.393 e. The molecule has 0 saturated heterocycles. The average Bonchev–Trinajstić information content (AvgIpc) is 2.69. The molecule has 11 heteroatoms. The van der Waals surface area contributed by atoms with Crippen molar-refractivity contribution in [2.45, 2.75) is 17.4 Å². The monoisotopic (exact) mass is 454 g/mol. The van der Waals surface area contributed by atoms with Gasteiger partial charge in [-0.3, -0.25) is 0 Å². The van der Waals surface area contributed by atoms with E-state index >= 15 is 0 Å². The first-order chi connectivity index (χ1) is 14.2. The van der Waals surface area contributed by atoms with E-state index in [2.05, 4.69) is 15.8 Å². The minimum absolute atomic E-state index is 0.0121. The third-order valence-electron chi connectivity index (χ3n) is 3.91. The van der Waals surface area contributed by atoms with Crippen LogP contribution in [0.2, 0.25) is 5.02 Å². The zero-order valence-corrected chi connectivity index (χ0v) is 17.8. The number of nitrogens with zero attached hydrogens (tertiary/aromatic N) is 1. The van der Waals surface area contributed by atoms with Crippen LogP contribution in [0.15, 0.2) is 58.6 Å². The molecule has 0 radical (unpaired) electrons. The lowest BCUT2D eigenvalue weighted by molar-refractivity contribution is 0.0975. The van der Waals surface area contributed by atoms with Crippen LogP contribution in [0.1, 0.15) is 5.56 Å². The molecule has 5 N–H and O–H groups in total. The zero-order valence-electron chi connectivity index (χ0n) is 16.2. The highest BCUT2D eigenvalue weighted by atomic mass is 35.5. The molecule has 0 spiro atoms. The fraction of sp³-hybridized carbons (Fsp3) is 0.263. The van der Waals surface area contributed by atoms with Gasteiger partial charge in [0.1, 0.15) is 6.61 Å². The van der Waals surface area contributed by atoms with Crippen molar-refractivity contribution in [2.24, 2.45) is 10.9 Å². The molecule has 30 heavy (non-hydrogen) atoms. The molecule has 1 atom stereocenters. The Balaban J connectivity index is 2.14. The summed E-state index contributed by atoms with van der Waals surface area (Å²) < 4.78 is 23.2. The SMILES string of the molecule is CS(=O)(=O)c1ccc(C[C@H](NC(=O)Nc2ccc(Cl)cc2)C(N)=NOCCO)cc1. The summed E-state index contributed by atoms with van der Waals surface area (Å²) in [5, 5.41) is 18.4. The number of halogens is 1. The van der Waals surface area contributed by atoms with Gasteiger partial charge in [0.25, 0.3) is 0 Å². The maximum atomic E-state index is 12.4. The number of hydrogen-bond acceptors (Lipinski definition) is 6. The number of aliphatic hydroxyl groups excluding tert-OH is 1. The van der Waals surface area contributed by atoms with E-state index in [1.165, 1.54) is 12.1 Å². The molecule has 162 valence electrons. The molecule has 0 aliphatic heterocycles. The summed E-state index contributed by atoms with van der Waals surface area (Å²) in [7, 11) is -3.32. The number of nitrogens with one attached hydrogen (secondary N) is 2. The molecule has 2 rings (SSSR count). The van der Waals surface area contributed by atoms with E-state index in [9.17, 15) is 13.2 Å². The highest BCUT2D eigenvalue weighted by molar-refractivity contribution is 7.90. The summed E-state index contributed by atoms with van der Waals surface area (Å²) >= 11 is 5.83. The second kappa shape index (κ2) is 10.8. The Labute approximate surface area is 179 Å². The van der Waals surface area contributed by atoms with Gasteiger partial charge in [-0.1, -0.05) is 28.9 Å². The maximum Gasteiger partial charge on any atom is 0.319 e. The predicted molar refractivity (Wildman–Crippen MR) is 115 cm³/mol. The smallest absolute Gasteiger partial charge is 0.319 e. The number of amides is 2. The Bertz CT molecular complexity index is 979. The fourth-order valence-corrected chi connectivity index (χ4v) is 3.18. The van der Waals surface area contributed by atoms with Gasteiger partial charge in [0, 0.05) is 23.4 Å². The van der Waals surface area contributed by atoms with Gasteiger partial charge in [-0.05, 0) is 42.0 Å². The van der Waals surface area contributed by atoms with Crippen molar-refractivity contribution in [3.8, 4) is 0 Å². The van der Waals surface area contributed by atoms with Gasteiger partial charge in [-0.25, -0.2) is 13.2 Å². The molecule has 0 unspecified atom stereocenters. The number of amidine groups is 1. The van der Waals surface area contributed by atoms with E-state index in [0.717, 1.165) is 11.8 Å². The summed E-state index contributed by atoms with van der Waals surface area (Å²) in [5.41, 5.74) is 7.20. The molecular formula is C19H23ClN4O5S. The predicted octanol–water partition coefficient (Wildman–Crippen LogP) is 1.76. The minimum Gasteiger partial charge on any atom is -0.393 e. The van der Waals surface area contributed by atoms with Crippen molar-refractivity contribution in [3.05, 3.63) is 59.1 Å². The number of nitrogens with two attached hydrogens (primary N) is 1. The van der Waals surface area contributed by atoms with Crippen molar-refractivity contribution in [1.29, 1.82) is 0 Å². The normalized spacial score (nSPS) is 12.8. The van der Waals surface area contributed by atoms with Crippen LogP contribution in [0.4, 0.5) is 10.5 Å². The molecule has 0 aliphatic carbocycles. The number of benzene rings is 2. The first-order valence-electron chi connectivity index (χ1n) is 8.87. The molecule has 0 aliphatic rings. The number of hydrogen-bond donors (Lipinski definition) is 4. The molecule has 2 aromatic carbocycles. The fourth-order valence-electron chi connectivity index (χ4n) is 2.42. The quantitative estimate of drug-likeness (QED) is 0.197. The van der Waals surface area contributed by atoms with Crippen LogP contribution >= 0.6 is 11.6 Å². The van der Waals surface area contributed by atoms with Crippen molar-refractivity contribution >= 4 is 39.0 Å². The summed E-state index contributed by atoms with van der Waals surface area (Å²) in [6.07, 6.45) is 1.35. The molecular weight excluding hydrogens is 432 g/mol. The van der Waals surface area contributed by atoms with Crippen molar-refractivity contribution in [1.82, 2.24) is 5.32 Å². The highest BCUT2D eigenvalue weighted by Gasteiger charge is 2.19. The summed E-state index contributed by atoms with van der Waals surface area (Å²) in [6, 6.07) is 11.5. The second-order valence-electron chi connectivity index (χ2n) is 6.35. The van der Waals surface area contributed by atoms with Gasteiger partial charge >= 0.3 is 6.03 Å². The first kappa shape index (κ1) is 23.5. The standard InChI is InChI=1S/C19H23ClN4O5S/c1-30(27,28)16-8-2-13(3-9-16)12-17(18(21)24-29-11-10-25)23-19(26)22-15-6-4-14(20)5-7-15/h2-9,17,25H,10-12H2,1H3,(H2,21,24)(H2,22,23,26)/t17-/m0/s1. The third kappa shape index (κ3) is 7.54. The van der Waals surface area contributed by atoms with Crippen molar-refractivity contribution < 1.29 is 23.2 Å². The Morgan fingerprint density at radius 1 is 1.20 bits per heavy atom. The summed E-state index contributed by atoms with van der Waals surface area (Å²) in [6.45, 7) is -0.285. The lowest BCUT2D eigenvalue weighted by Gasteiger charge is -2.19. The number of aliphatic hydroxyl groups is 1. The molecule has 0 heterocycles. The van der Waals surface area contributed by atoms with E-state index in [4.69, 9.17) is 27.3 Å². The average molecular weight is 455 g/mol. The Morgan fingerprint density at radius 3 is 2.40 bits per heavy atom. The highest BCUT2D eigenvalue weighted by Crippen LogP contribution is 2.14. The number of anilines is 1. The van der Waals surface area contributed by atoms with E-state index in [1.807, 2.05) is 0 Å². The van der Waals surface area contributed by atoms with Crippen molar-refractivity contribution in [3.63, 3.8) is 0 Å². The molecule has 2 aromatic rings. The lowest BCUT2D eigenvalue weighted by Crippen LogP contribution is -2.47. The van der Waals surface area contributed by atoms with Gasteiger partial charge in [0.05, 0.1) is 17.5 Å². The number of carbonyl (C=O) groups is 1. The molecule has 9 nitrogen and oxygen atoms in total. The van der Waals surface area contributed by atoms with Gasteiger partial charge in [0.15, 0.2) is 15.7 Å². The number of sulfone groups is 1. The van der Waals surface area contributed by atoms with Crippen LogP contribution in [0.25, 0.3) is 0 Å². The first-order valence-corrected chi connectivity index (χ1v) is 11.1. The molecule has 0 fully saturated rings. The van der Waals surface area contributed by atoms with Gasteiger partial charge in [0.2, 0.25) is 0 Å². The van der Waals surface area contributed by atoms with Crippen molar-refractivity contribution in [2.75, 3.05) is 24.8 Å². The Kier molecular flexibility index (Phi) is 8.46. The summed E-state index contributed by atoms with van der Waals surface area (Å²) in [5.74, 6) is -0.0121. The summed E-state index contributed by atoms with van der Waals surface area (Å²) in [4.78, 5) is 17.5. The van der Waals surface area contributed by atoms with E-state index in [0.29, 0.717) is 10.7 Å². The maximum absolute atomic E-state index is 12.4. The van der Waals surface area contributed by atoms with Gasteiger partial charge < -0.3 is 26.3 Å². The van der Waals surface area contributed by atoms with Crippen LogP contribution in [-0.2, 0) is 21.1 Å². The second-order valence-corrected chi connectivity index (χ2v) is 8.80. The molecule has 0 aromatic heterocycles. The Hall–Kier alpha value is -2.82. The van der Waals surface area contributed by atoms with E-state index in [1.54, 1.807) is 36.4 Å². The number of rotatable bonds is 9. The van der Waals surface area contributed by atoms with Crippen LogP contribution in [0.5, 0.6) is 0 Å². The van der Waals surface area contributed by atoms with Crippen LogP contribution in [0.3, 0.4) is 0 Å². The molecule has 0 bridgehead atoms. The number of oxime groups is 1. The van der Waals surface area contributed by atoms with Gasteiger partial charge in [-0.2, -0.15) is 0 Å². The molecule has 2 amide bonds. The topological polar surface area (TPSA) is 143 Å². The number of urea groups is 1. The van der Waals surface area contributed by atoms with Gasteiger partial charge in [-0.15, -0.1) is 0 Å².